The maximum absolute atomic E-state index is 13.1. The first kappa shape index (κ1) is 36.9. The number of carbonyl (C=O) groups excluding carboxylic acids is 4. The number of unbranched alkanes of at least 4 members (excludes halogenated alkanes) is 4. The molecule has 1 saturated carbocycles. The highest BCUT2D eigenvalue weighted by Gasteiger charge is 2.45. The third kappa shape index (κ3) is 7.37. The van der Waals surface area contributed by atoms with Gasteiger partial charge in [0.05, 0.1) is 28.9 Å². The summed E-state index contributed by atoms with van der Waals surface area (Å²) in [5.74, 6) is -1.33. The molecular weight excluding hydrogens is 725 g/mol. The summed E-state index contributed by atoms with van der Waals surface area (Å²) >= 11 is 0. The molecule has 294 valence electrons. The zero-order valence-electron chi connectivity index (χ0n) is 32.0. The van der Waals surface area contributed by atoms with E-state index < -0.39 is 23.8 Å². The number of fused-ring (bicyclic) bond motifs is 4. The van der Waals surface area contributed by atoms with Crippen LogP contribution in [0.3, 0.4) is 0 Å². The lowest BCUT2D eigenvalue weighted by atomic mass is 9.92. The van der Waals surface area contributed by atoms with Crippen LogP contribution >= 0.6 is 0 Å². The van der Waals surface area contributed by atoms with Crippen molar-refractivity contribution in [1.29, 1.82) is 0 Å². The van der Waals surface area contributed by atoms with E-state index in [2.05, 4.69) is 56.1 Å². The van der Waals surface area contributed by atoms with Gasteiger partial charge in [-0.3, -0.25) is 34.4 Å². The Hall–Kier alpha value is -5.66. The van der Waals surface area contributed by atoms with Gasteiger partial charge < -0.3 is 23.7 Å². The third-order valence-electron chi connectivity index (χ3n) is 11.8. The summed E-state index contributed by atoms with van der Waals surface area (Å²) in [6, 6.07) is 16.8. The van der Waals surface area contributed by atoms with Gasteiger partial charge >= 0.3 is 0 Å². The molecule has 3 fully saturated rings. The molecule has 13 heteroatoms. The number of aryl methyl sites for hydroxylation is 1. The summed E-state index contributed by atoms with van der Waals surface area (Å²) in [6.07, 6.45) is 13.6. The number of nitrogens with zero attached hydrogens (tertiary/aromatic N) is 5. The number of ether oxygens (including phenoxy) is 3. The van der Waals surface area contributed by atoms with Gasteiger partial charge in [0.1, 0.15) is 12.1 Å². The van der Waals surface area contributed by atoms with Crippen molar-refractivity contribution >= 4 is 51.1 Å². The normalized spacial score (nSPS) is 20.9. The fourth-order valence-electron chi connectivity index (χ4n) is 8.42. The van der Waals surface area contributed by atoms with E-state index >= 15 is 0 Å². The number of aromatic nitrogens is 3. The summed E-state index contributed by atoms with van der Waals surface area (Å²) in [5, 5.41) is 4.58. The van der Waals surface area contributed by atoms with Crippen LogP contribution in [0.5, 0.6) is 5.88 Å². The second-order valence-corrected chi connectivity index (χ2v) is 15.6. The van der Waals surface area contributed by atoms with Gasteiger partial charge in [-0.05, 0) is 61.2 Å². The summed E-state index contributed by atoms with van der Waals surface area (Å²) < 4.78 is 20.5. The highest BCUT2D eigenvalue weighted by Crippen LogP contribution is 2.34. The minimum atomic E-state index is -0.964. The molecule has 1 aliphatic carbocycles. The van der Waals surface area contributed by atoms with Gasteiger partial charge in [0, 0.05) is 105 Å². The fraction of sp³-hybridized carbons (Fsp3) is 0.409. The van der Waals surface area contributed by atoms with Crippen LogP contribution in [0.4, 0.5) is 5.69 Å². The largest absolute Gasteiger partial charge is 0.474 e. The highest BCUT2D eigenvalue weighted by molar-refractivity contribution is 6.23. The molecule has 1 unspecified atom stereocenters. The molecule has 0 radical (unpaired) electrons. The fourth-order valence-corrected chi connectivity index (χ4v) is 8.42. The molecule has 2 aromatic carbocycles. The molecular formula is C44H46N6O7. The van der Waals surface area contributed by atoms with E-state index in [4.69, 9.17) is 14.2 Å². The van der Waals surface area contributed by atoms with Crippen molar-refractivity contribution < 1.29 is 33.4 Å². The van der Waals surface area contributed by atoms with Crippen molar-refractivity contribution in [2.24, 2.45) is 7.05 Å². The van der Waals surface area contributed by atoms with Gasteiger partial charge in [-0.1, -0.05) is 31.4 Å². The molecule has 4 amide bonds. The quantitative estimate of drug-likeness (QED) is 0.0999. The maximum atomic E-state index is 13.1. The Morgan fingerprint density at radius 3 is 2.26 bits per heavy atom. The van der Waals surface area contributed by atoms with Crippen LogP contribution in [0.1, 0.15) is 78.5 Å². The molecule has 3 aliphatic heterocycles. The molecule has 57 heavy (non-hydrogen) atoms. The SMILES string of the molecule is Cn1c2ccncc2c2ccc(-c3ccc(OC4CC(OCCCCCCCOC5CN(c6ccc7c(c6)C(=O)N(C6CCC(=O)NC6=O)C7=O)C5)C4)nc3)cc21. The number of carbonyl (C=O) groups is 4. The summed E-state index contributed by atoms with van der Waals surface area (Å²) in [5.41, 5.74) is 5.94. The zero-order valence-corrected chi connectivity index (χ0v) is 32.0. The average molecular weight is 771 g/mol. The van der Waals surface area contributed by atoms with Crippen LogP contribution in [0, 0.1) is 0 Å². The Morgan fingerprint density at radius 2 is 1.49 bits per heavy atom. The first-order chi connectivity index (χ1) is 27.8. The van der Waals surface area contributed by atoms with Crippen LogP contribution in [0.2, 0.25) is 0 Å². The standard InChI is InChI=1S/C44H46N6O7/c1-48-37-15-16-45-24-36(37)33-10-7-27(19-39(33)48)28-8-14-41(46-23-28)57-31-21-30(22-31)55-17-5-3-2-4-6-18-56-32-25-49(26-32)29-9-11-34-35(20-29)44(54)50(43(34)53)38-12-13-40(51)47-42(38)52/h7-11,14-16,19-20,23-24,30-32,38H,2-6,12-13,17-18,21-22,25-26H2,1H3,(H,47,51,52). The Labute approximate surface area is 330 Å². The molecule has 3 aromatic heterocycles. The first-order valence-electron chi connectivity index (χ1n) is 20.1. The number of imide groups is 2. The predicted octanol–water partition coefficient (Wildman–Crippen LogP) is 5.97. The van der Waals surface area contributed by atoms with E-state index in [-0.39, 0.29) is 42.6 Å². The number of rotatable bonds is 15. The Bertz CT molecular complexity index is 2350. The van der Waals surface area contributed by atoms with Crippen LogP contribution in [0.15, 0.2) is 73.2 Å². The molecule has 1 atom stereocenters. The lowest BCUT2D eigenvalue weighted by molar-refractivity contribution is -0.136. The number of amides is 4. The second kappa shape index (κ2) is 15.7. The number of piperidine rings is 1. The lowest BCUT2D eigenvalue weighted by Gasteiger charge is -2.40. The van der Waals surface area contributed by atoms with Gasteiger partial charge in [0.25, 0.3) is 11.8 Å². The van der Waals surface area contributed by atoms with Crippen molar-refractivity contribution in [3.63, 3.8) is 0 Å². The molecule has 5 aromatic rings. The maximum Gasteiger partial charge on any atom is 0.262 e. The second-order valence-electron chi connectivity index (χ2n) is 15.6. The van der Waals surface area contributed by atoms with Crippen molar-refractivity contribution in [2.45, 2.75) is 82.1 Å². The number of pyridine rings is 2. The van der Waals surface area contributed by atoms with E-state index in [0.717, 1.165) is 78.7 Å². The van der Waals surface area contributed by atoms with Crippen molar-refractivity contribution in [2.75, 3.05) is 31.2 Å². The number of hydrogen-bond acceptors (Lipinski definition) is 10. The monoisotopic (exact) mass is 770 g/mol. The number of benzene rings is 2. The van der Waals surface area contributed by atoms with Gasteiger partial charge in [0.2, 0.25) is 17.7 Å². The molecule has 6 heterocycles. The van der Waals surface area contributed by atoms with Crippen molar-refractivity contribution in [3.8, 4) is 17.0 Å². The topological polar surface area (TPSA) is 145 Å². The van der Waals surface area contributed by atoms with E-state index in [1.54, 1.807) is 12.1 Å². The first-order valence-corrected chi connectivity index (χ1v) is 20.1. The van der Waals surface area contributed by atoms with Gasteiger partial charge in [-0.15, -0.1) is 0 Å². The van der Waals surface area contributed by atoms with E-state index in [0.29, 0.717) is 31.1 Å². The molecule has 4 aliphatic rings. The highest BCUT2D eigenvalue weighted by atomic mass is 16.5. The molecule has 9 rings (SSSR count). The Morgan fingerprint density at radius 1 is 0.737 bits per heavy atom. The smallest absolute Gasteiger partial charge is 0.262 e. The Balaban J connectivity index is 0.618. The number of nitrogens with one attached hydrogen (secondary N) is 1. The van der Waals surface area contributed by atoms with Gasteiger partial charge in [-0.2, -0.15) is 0 Å². The molecule has 13 nitrogen and oxygen atoms in total. The van der Waals surface area contributed by atoms with Crippen molar-refractivity contribution in [3.05, 3.63) is 84.3 Å². The van der Waals surface area contributed by atoms with Crippen LogP contribution < -0.4 is 15.0 Å². The average Bonchev–Trinajstić information content (AvgIpc) is 3.61. The number of hydrogen-bond donors (Lipinski definition) is 1. The number of anilines is 1. The third-order valence-corrected chi connectivity index (χ3v) is 11.8. The molecule has 0 bridgehead atoms. The lowest BCUT2D eigenvalue weighted by Crippen LogP contribution is -2.54. The predicted molar refractivity (Wildman–Crippen MR) is 213 cm³/mol. The Kier molecular flexibility index (Phi) is 10.2. The van der Waals surface area contributed by atoms with Crippen LogP contribution in [0.25, 0.3) is 32.9 Å². The summed E-state index contributed by atoms with van der Waals surface area (Å²) in [7, 11) is 2.09. The van der Waals surface area contributed by atoms with Gasteiger partial charge in [0.15, 0.2) is 0 Å². The molecule has 2 saturated heterocycles. The van der Waals surface area contributed by atoms with Crippen LogP contribution in [-0.4, -0.2) is 93.7 Å². The van der Waals surface area contributed by atoms with E-state index in [1.807, 2.05) is 36.8 Å². The minimum Gasteiger partial charge on any atom is -0.474 e. The zero-order chi connectivity index (χ0) is 39.0. The molecule has 0 spiro atoms. The van der Waals surface area contributed by atoms with Crippen LogP contribution in [-0.2, 0) is 26.1 Å². The minimum absolute atomic E-state index is 0.0968. The van der Waals surface area contributed by atoms with E-state index in [1.165, 1.54) is 16.4 Å². The van der Waals surface area contributed by atoms with Crippen molar-refractivity contribution in [1.82, 2.24) is 24.8 Å². The van der Waals surface area contributed by atoms with E-state index in [9.17, 15) is 19.2 Å². The molecule has 1 N–H and O–H groups in total. The summed E-state index contributed by atoms with van der Waals surface area (Å²) in [4.78, 5) is 62.0. The van der Waals surface area contributed by atoms with Gasteiger partial charge in [-0.25, -0.2) is 4.98 Å². The summed E-state index contributed by atoms with van der Waals surface area (Å²) in [6.45, 7) is 2.92.